The first kappa shape index (κ1) is 20.4. The van der Waals surface area contributed by atoms with Gasteiger partial charge in [-0.25, -0.2) is 9.97 Å². The Morgan fingerprint density at radius 2 is 1.84 bits per heavy atom. The first-order valence-corrected chi connectivity index (χ1v) is 12.3. The second kappa shape index (κ2) is 8.23. The summed E-state index contributed by atoms with van der Waals surface area (Å²) in [5.74, 6) is 2.80. The summed E-state index contributed by atoms with van der Waals surface area (Å²) in [5, 5.41) is 6.50. The Balaban J connectivity index is 1.31. The molecule has 2 aromatic heterocycles. The van der Waals surface area contributed by atoms with Crippen LogP contribution in [0, 0.1) is 26.7 Å². The van der Waals surface area contributed by atoms with Crippen molar-refractivity contribution < 1.29 is 4.79 Å². The van der Waals surface area contributed by atoms with Crippen molar-refractivity contribution in [1.29, 1.82) is 0 Å². The summed E-state index contributed by atoms with van der Waals surface area (Å²) < 4.78 is 0. The minimum absolute atomic E-state index is 0.0462. The first-order chi connectivity index (χ1) is 15.0. The van der Waals surface area contributed by atoms with Gasteiger partial charge in [-0.2, -0.15) is 0 Å². The third-order valence-corrected chi connectivity index (χ3v) is 7.94. The minimum atomic E-state index is 0.0462. The fourth-order valence-electron chi connectivity index (χ4n) is 4.60. The van der Waals surface area contributed by atoms with Gasteiger partial charge in [0, 0.05) is 40.9 Å². The highest BCUT2D eigenvalue weighted by molar-refractivity contribution is 7.11. The van der Waals surface area contributed by atoms with Crippen LogP contribution >= 0.6 is 11.3 Å². The Labute approximate surface area is 187 Å². The van der Waals surface area contributed by atoms with E-state index in [2.05, 4.69) is 48.5 Å². The van der Waals surface area contributed by atoms with Crippen LogP contribution in [0.5, 0.6) is 0 Å². The van der Waals surface area contributed by atoms with Crippen LogP contribution in [-0.2, 0) is 4.79 Å². The molecule has 1 aliphatic carbocycles. The Hall–Kier alpha value is -2.47. The molecule has 0 unspecified atom stereocenters. The van der Waals surface area contributed by atoms with E-state index in [1.165, 1.54) is 40.7 Å². The van der Waals surface area contributed by atoms with E-state index in [0.717, 1.165) is 48.8 Å². The summed E-state index contributed by atoms with van der Waals surface area (Å²) in [6.45, 7) is 8.04. The SMILES string of the molecule is Cc1ccc(NC(=O)C2CCN(c3nc(C4CCC4)nc4csc(C)c34)CC2)cc1C. The molecular formula is C25H30N4OS. The van der Waals surface area contributed by atoms with Crippen LogP contribution < -0.4 is 10.2 Å². The van der Waals surface area contributed by atoms with Crippen molar-refractivity contribution in [1.82, 2.24) is 9.97 Å². The number of fused-ring (bicyclic) bond motifs is 1. The van der Waals surface area contributed by atoms with Crippen LogP contribution in [-0.4, -0.2) is 29.0 Å². The molecule has 0 spiro atoms. The van der Waals surface area contributed by atoms with E-state index < -0.39 is 0 Å². The third-order valence-electron chi connectivity index (χ3n) is 7.04. The van der Waals surface area contributed by atoms with Gasteiger partial charge in [0.2, 0.25) is 5.91 Å². The monoisotopic (exact) mass is 434 g/mol. The maximum Gasteiger partial charge on any atom is 0.227 e. The van der Waals surface area contributed by atoms with Gasteiger partial charge in [0.05, 0.1) is 10.9 Å². The zero-order chi connectivity index (χ0) is 21.5. The molecule has 1 amide bonds. The van der Waals surface area contributed by atoms with Gasteiger partial charge in [0.15, 0.2) is 0 Å². The zero-order valence-electron chi connectivity index (χ0n) is 18.6. The fourth-order valence-corrected chi connectivity index (χ4v) is 5.38. The molecule has 3 aromatic rings. The van der Waals surface area contributed by atoms with Crippen molar-refractivity contribution in [3.05, 3.63) is 45.4 Å². The molecule has 5 rings (SSSR count). The molecule has 5 nitrogen and oxygen atoms in total. The number of nitrogens with one attached hydrogen (secondary N) is 1. The highest BCUT2D eigenvalue weighted by Crippen LogP contribution is 2.39. The number of hydrogen-bond acceptors (Lipinski definition) is 5. The van der Waals surface area contributed by atoms with Crippen molar-refractivity contribution in [2.45, 2.75) is 58.8 Å². The lowest BCUT2D eigenvalue weighted by atomic mass is 9.85. The summed E-state index contributed by atoms with van der Waals surface area (Å²) in [6, 6.07) is 6.12. The molecule has 0 atom stereocenters. The molecule has 162 valence electrons. The van der Waals surface area contributed by atoms with E-state index in [1.807, 2.05) is 6.07 Å². The van der Waals surface area contributed by atoms with Crippen LogP contribution in [0.4, 0.5) is 11.5 Å². The van der Waals surface area contributed by atoms with Gasteiger partial charge in [-0.15, -0.1) is 11.3 Å². The van der Waals surface area contributed by atoms with Crippen molar-refractivity contribution in [2.75, 3.05) is 23.3 Å². The number of thiophene rings is 1. The van der Waals surface area contributed by atoms with Crippen molar-refractivity contribution in [2.24, 2.45) is 5.92 Å². The van der Waals surface area contributed by atoms with Crippen molar-refractivity contribution >= 4 is 39.7 Å². The van der Waals surface area contributed by atoms with E-state index in [1.54, 1.807) is 11.3 Å². The lowest BCUT2D eigenvalue weighted by molar-refractivity contribution is -0.120. The van der Waals surface area contributed by atoms with E-state index in [4.69, 9.17) is 9.97 Å². The van der Waals surface area contributed by atoms with Crippen LogP contribution in [0.15, 0.2) is 23.6 Å². The van der Waals surface area contributed by atoms with Gasteiger partial charge in [-0.05, 0) is 69.7 Å². The van der Waals surface area contributed by atoms with Crippen LogP contribution in [0.2, 0.25) is 0 Å². The molecule has 1 saturated heterocycles. The van der Waals surface area contributed by atoms with Gasteiger partial charge in [0.1, 0.15) is 11.6 Å². The quantitative estimate of drug-likeness (QED) is 0.569. The maximum atomic E-state index is 12.9. The average Bonchev–Trinajstić information content (AvgIpc) is 3.10. The molecule has 1 aromatic carbocycles. The number of carbonyl (C=O) groups excluding carboxylic acids is 1. The number of nitrogens with zero attached hydrogens (tertiary/aromatic N) is 3. The standard InChI is InChI=1S/C25H30N4OS/c1-15-7-8-20(13-16(15)2)26-25(30)19-9-11-29(12-10-19)24-22-17(3)31-14-21(22)27-23(28-24)18-5-4-6-18/h7-8,13-14,18-19H,4-6,9-12H2,1-3H3,(H,26,30). The molecule has 1 aliphatic heterocycles. The largest absolute Gasteiger partial charge is 0.356 e. The van der Waals surface area contributed by atoms with Crippen LogP contribution in [0.25, 0.3) is 10.9 Å². The predicted octanol–water partition coefficient (Wildman–Crippen LogP) is 5.74. The van der Waals surface area contributed by atoms with E-state index in [-0.39, 0.29) is 11.8 Å². The van der Waals surface area contributed by atoms with Crippen LogP contribution in [0.3, 0.4) is 0 Å². The molecular weight excluding hydrogens is 404 g/mol. The van der Waals surface area contributed by atoms with Gasteiger partial charge in [-0.1, -0.05) is 12.5 Å². The van der Waals surface area contributed by atoms with Crippen molar-refractivity contribution in [3.8, 4) is 0 Å². The summed E-state index contributed by atoms with van der Waals surface area (Å²) in [6.07, 6.45) is 5.39. The number of benzene rings is 1. The lowest BCUT2D eigenvalue weighted by Gasteiger charge is -2.33. The Morgan fingerprint density at radius 1 is 1.06 bits per heavy atom. The number of aryl methyl sites for hydroxylation is 3. The van der Waals surface area contributed by atoms with E-state index in [0.29, 0.717) is 5.92 Å². The lowest BCUT2D eigenvalue weighted by Crippen LogP contribution is -2.39. The number of piperidine rings is 1. The van der Waals surface area contributed by atoms with E-state index in [9.17, 15) is 4.79 Å². The first-order valence-electron chi connectivity index (χ1n) is 11.4. The number of hydrogen-bond donors (Lipinski definition) is 1. The summed E-state index contributed by atoms with van der Waals surface area (Å²) >= 11 is 1.76. The van der Waals surface area contributed by atoms with Crippen LogP contribution in [0.1, 0.15) is 59.9 Å². The summed E-state index contributed by atoms with van der Waals surface area (Å²) in [5.41, 5.74) is 4.43. The molecule has 2 aliphatic rings. The van der Waals surface area contributed by atoms with Gasteiger partial charge in [0.25, 0.3) is 0 Å². The number of anilines is 2. The number of rotatable bonds is 4. The predicted molar refractivity (Wildman–Crippen MR) is 128 cm³/mol. The average molecular weight is 435 g/mol. The topological polar surface area (TPSA) is 58.1 Å². The normalized spacial score (nSPS) is 17.7. The molecule has 2 fully saturated rings. The Morgan fingerprint density at radius 3 is 2.52 bits per heavy atom. The highest BCUT2D eigenvalue weighted by atomic mass is 32.1. The summed E-state index contributed by atoms with van der Waals surface area (Å²) in [7, 11) is 0. The molecule has 1 N–H and O–H groups in total. The molecule has 31 heavy (non-hydrogen) atoms. The zero-order valence-corrected chi connectivity index (χ0v) is 19.4. The minimum Gasteiger partial charge on any atom is -0.356 e. The third kappa shape index (κ3) is 3.93. The fraction of sp³-hybridized carbons (Fsp3) is 0.480. The van der Waals surface area contributed by atoms with Gasteiger partial charge < -0.3 is 10.2 Å². The molecule has 1 saturated carbocycles. The molecule has 0 bridgehead atoms. The Kier molecular flexibility index (Phi) is 5.42. The van der Waals surface area contributed by atoms with Crippen molar-refractivity contribution in [3.63, 3.8) is 0 Å². The maximum absolute atomic E-state index is 12.9. The molecule has 3 heterocycles. The smallest absolute Gasteiger partial charge is 0.227 e. The highest BCUT2D eigenvalue weighted by Gasteiger charge is 2.29. The van der Waals surface area contributed by atoms with Gasteiger partial charge >= 0.3 is 0 Å². The second-order valence-corrected chi connectivity index (χ2v) is 10.2. The summed E-state index contributed by atoms with van der Waals surface area (Å²) in [4.78, 5) is 26.5. The second-order valence-electron chi connectivity index (χ2n) is 9.13. The molecule has 6 heteroatoms. The van der Waals surface area contributed by atoms with E-state index >= 15 is 0 Å². The number of carbonyl (C=O) groups is 1. The molecule has 0 radical (unpaired) electrons. The number of amides is 1. The van der Waals surface area contributed by atoms with Gasteiger partial charge in [-0.3, -0.25) is 4.79 Å². The number of aromatic nitrogens is 2. The Bertz CT molecular complexity index is 1130.